The van der Waals surface area contributed by atoms with Gasteiger partial charge in [-0.25, -0.2) is 13.1 Å². The first-order valence-corrected chi connectivity index (χ1v) is 7.92. The van der Waals surface area contributed by atoms with E-state index in [1.54, 1.807) is 0 Å². The fraction of sp³-hybridized carbons (Fsp3) is 0.500. The van der Waals surface area contributed by atoms with Gasteiger partial charge in [-0.15, -0.1) is 12.4 Å². The number of methoxy groups -OCH3 is 1. The van der Waals surface area contributed by atoms with Crippen LogP contribution < -0.4 is 15.2 Å². The lowest BCUT2D eigenvalue weighted by Crippen LogP contribution is -2.41. The van der Waals surface area contributed by atoms with E-state index in [2.05, 4.69) is 4.72 Å². The van der Waals surface area contributed by atoms with Crippen LogP contribution in [0, 0.1) is 16.0 Å². The predicted molar refractivity (Wildman–Crippen MR) is 82.8 cm³/mol. The van der Waals surface area contributed by atoms with Crippen LogP contribution in [0.15, 0.2) is 23.1 Å². The van der Waals surface area contributed by atoms with Gasteiger partial charge in [-0.1, -0.05) is 0 Å². The van der Waals surface area contributed by atoms with Gasteiger partial charge in [0, 0.05) is 18.7 Å². The third-order valence-electron chi connectivity index (χ3n) is 3.41. The van der Waals surface area contributed by atoms with Crippen LogP contribution in [0.25, 0.3) is 0 Å². The Labute approximate surface area is 134 Å². The third-order valence-corrected chi connectivity index (χ3v) is 4.90. The van der Waals surface area contributed by atoms with Crippen molar-refractivity contribution in [3.63, 3.8) is 0 Å². The van der Waals surface area contributed by atoms with E-state index in [1.807, 2.05) is 0 Å². The molecule has 1 atom stereocenters. The molecule has 1 aromatic carbocycles. The average molecular weight is 352 g/mol. The van der Waals surface area contributed by atoms with Crippen LogP contribution in [0.2, 0.25) is 0 Å². The van der Waals surface area contributed by atoms with Gasteiger partial charge in [-0.3, -0.25) is 10.1 Å². The molecule has 2 rings (SSSR count). The quantitative estimate of drug-likeness (QED) is 0.558. The van der Waals surface area contributed by atoms with Crippen molar-refractivity contribution in [2.75, 3.05) is 13.7 Å². The van der Waals surface area contributed by atoms with Gasteiger partial charge in [0.25, 0.3) is 0 Å². The maximum Gasteiger partial charge on any atom is 0.312 e. The molecule has 1 fully saturated rings. The van der Waals surface area contributed by atoms with Crippen LogP contribution in [0.4, 0.5) is 5.69 Å². The first kappa shape index (κ1) is 18.6. The Bertz CT molecular complexity index is 648. The van der Waals surface area contributed by atoms with Crippen LogP contribution in [-0.4, -0.2) is 33.0 Å². The smallest absolute Gasteiger partial charge is 0.312 e. The largest absolute Gasteiger partial charge is 0.490 e. The number of nitro groups is 1. The number of rotatable bonds is 7. The molecule has 1 saturated carbocycles. The minimum Gasteiger partial charge on any atom is -0.490 e. The summed E-state index contributed by atoms with van der Waals surface area (Å²) >= 11 is 0. The van der Waals surface area contributed by atoms with Crippen LogP contribution in [0.5, 0.6) is 5.75 Å². The molecule has 22 heavy (non-hydrogen) atoms. The maximum absolute atomic E-state index is 12.3. The Morgan fingerprint density at radius 2 is 2.14 bits per heavy atom. The Balaban J connectivity index is 0.00000242. The van der Waals surface area contributed by atoms with Crippen molar-refractivity contribution in [1.29, 1.82) is 0 Å². The van der Waals surface area contributed by atoms with Gasteiger partial charge in [0.1, 0.15) is 0 Å². The molecule has 124 valence electrons. The lowest BCUT2D eigenvalue weighted by molar-refractivity contribution is -0.386. The van der Waals surface area contributed by atoms with Crippen LogP contribution >= 0.6 is 12.4 Å². The van der Waals surface area contributed by atoms with Crippen molar-refractivity contribution < 1.29 is 18.1 Å². The average Bonchev–Trinajstić information content (AvgIpc) is 3.28. The number of benzene rings is 1. The van der Waals surface area contributed by atoms with E-state index in [1.165, 1.54) is 19.2 Å². The lowest BCUT2D eigenvalue weighted by atomic mass is 10.2. The molecule has 1 aromatic rings. The van der Waals surface area contributed by atoms with Crippen LogP contribution in [-0.2, 0) is 10.0 Å². The summed E-state index contributed by atoms with van der Waals surface area (Å²) in [5.74, 6) is 0.259. The SMILES string of the molecule is COc1ccc(S(=O)(=O)NC(CN)C2CC2)cc1[N+](=O)[O-].Cl. The monoisotopic (exact) mass is 351 g/mol. The standard InChI is InChI=1S/C12H17N3O5S.ClH/c1-20-12-5-4-9(6-11(12)15(16)17)21(18,19)14-10(7-13)8-2-3-8;/h4-6,8,10,14H,2-3,7,13H2,1H3;1H. The summed E-state index contributed by atoms with van der Waals surface area (Å²) in [7, 11) is -2.56. The zero-order chi connectivity index (χ0) is 15.6. The van der Waals surface area contributed by atoms with Gasteiger partial charge >= 0.3 is 5.69 Å². The molecule has 1 aliphatic rings. The zero-order valence-electron chi connectivity index (χ0n) is 11.9. The van der Waals surface area contributed by atoms with E-state index in [4.69, 9.17) is 10.5 Å². The maximum atomic E-state index is 12.3. The van der Waals surface area contributed by atoms with E-state index in [-0.39, 0.29) is 41.6 Å². The normalized spacial score (nSPS) is 15.7. The second-order valence-electron chi connectivity index (χ2n) is 4.89. The fourth-order valence-electron chi connectivity index (χ4n) is 2.08. The summed E-state index contributed by atoms with van der Waals surface area (Å²) in [5.41, 5.74) is 5.18. The summed E-state index contributed by atoms with van der Waals surface area (Å²) in [6.07, 6.45) is 1.88. The molecule has 1 unspecified atom stereocenters. The van der Waals surface area contributed by atoms with Crippen molar-refractivity contribution in [3.8, 4) is 5.75 Å². The van der Waals surface area contributed by atoms with Gasteiger partial charge < -0.3 is 10.5 Å². The number of sulfonamides is 1. The molecule has 0 amide bonds. The predicted octanol–water partition coefficient (Wildman–Crippen LogP) is 1.04. The molecule has 0 aliphatic heterocycles. The van der Waals surface area contributed by atoms with E-state index in [9.17, 15) is 18.5 Å². The van der Waals surface area contributed by atoms with Crippen molar-refractivity contribution >= 4 is 28.1 Å². The number of nitro benzene ring substituents is 1. The number of hydrogen-bond donors (Lipinski definition) is 2. The van der Waals surface area contributed by atoms with Gasteiger partial charge in [-0.2, -0.15) is 0 Å². The number of halogens is 1. The minimum atomic E-state index is -3.85. The first-order valence-electron chi connectivity index (χ1n) is 6.44. The summed E-state index contributed by atoms with van der Waals surface area (Å²) < 4.78 is 31.9. The molecule has 0 saturated heterocycles. The molecule has 10 heteroatoms. The van der Waals surface area contributed by atoms with Gasteiger partial charge in [0.05, 0.1) is 16.9 Å². The van der Waals surface area contributed by atoms with E-state index < -0.39 is 20.6 Å². The number of nitrogens with two attached hydrogens (primary N) is 1. The molecule has 1 aliphatic carbocycles. The van der Waals surface area contributed by atoms with Crippen molar-refractivity contribution in [2.24, 2.45) is 11.7 Å². The summed E-state index contributed by atoms with van der Waals surface area (Å²) in [6, 6.07) is 3.19. The third kappa shape index (κ3) is 4.07. The Kier molecular flexibility index (Phi) is 6.12. The second-order valence-corrected chi connectivity index (χ2v) is 6.61. The lowest BCUT2D eigenvalue weighted by Gasteiger charge is -2.16. The first-order chi connectivity index (χ1) is 9.89. The van der Waals surface area contributed by atoms with Crippen molar-refractivity contribution in [2.45, 2.75) is 23.8 Å². The zero-order valence-corrected chi connectivity index (χ0v) is 13.5. The number of nitrogens with zero attached hydrogens (tertiary/aromatic N) is 1. The highest BCUT2D eigenvalue weighted by molar-refractivity contribution is 7.89. The summed E-state index contributed by atoms with van der Waals surface area (Å²) in [5, 5.41) is 10.9. The van der Waals surface area contributed by atoms with E-state index >= 15 is 0 Å². The van der Waals surface area contributed by atoms with E-state index in [0.717, 1.165) is 18.9 Å². The molecule has 0 bridgehead atoms. The van der Waals surface area contributed by atoms with E-state index in [0.29, 0.717) is 0 Å². The summed E-state index contributed by atoms with van der Waals surface area (Å²) in [6.45, 7) is 0.197. The van der Waals surface area contributed by atoms with Gasteiger partial charge in [0.2, 0.25) is 10.0 Å². The molecular formula is C12H18ClN3O5S. The van der Waals surface area contributed by atoms with Gasteiger partial charge in [0.15, 0.2) is 5.75 Å². The second kappa shape index (κ2) is 7.23. The van der Waals surface area contributed by atoms with Crippen molar-refractivity contribution in [3.05, 3.63) is 28.3 Å². The highest BCUT2D eigenvalue weighted by atomic mass is 35.5. The number of ether oxygens (including phenoxy) is 1. The topological polar surface area (TPSA) is 125 Å². The molecule has 3 N–H and O–H groups in total. The Morgan fingerprint density at radius 3 is 2.59 bits per heavy atom. The molecule has 8 nitrogen and oxygen atoms in total. The van der Waals surface area contributed by atoms with Crippen LogP contribution in [0.3, 0.4) is 0 Å². The number of hydrogen-bond acceptors (Lipinski definition) is 6. The molecule has 0 spiro atoms. The van der Waals surface area contributed by atoms with Gasteiger partial charge in [-0.05, 0) is 30.9 Å². The molecular weight excluding hydrogens is 334 g/mol. The van der Waals surface area contributed by atoms with Crippen molar-refractivity contribution in [1.82, 2.24) is 4.72 Å². The summed E-state index contributed by atoms with van der Waals surface area (Å²) in [4.78, 5) is 10.1. The molecule has 0 heterocycles. The molecule has 0 aromatic heterocycles. The number of nitrogens with one attached hydrogen (secondary N) is 1. The Morgan fingerprint density at radius 1 is 1.50 bits per heavy atom. The Hall–Kier alpha value is -1.42. The molecule has 0 radical (unpaired) electrons. The highest BCUT2D eigenvalue weighted by Gasteiger charge is 2.34. The van der Waals surface area contributed by atoms with Crippen LogP contribution in [0.1, 0.15) is 12.8 Å². The minimum absolute atomic E-state index is 0. The fourth-order valence-corrected chi connectivity index (χ4v) is 3.42. The highest BCUT2D eigenvalue weighted by Crippen LogP contribution is 2.34.